The summed E-state index contributed by atoms with van der Waals surface area (Å²) in [5, 5.41) is 21.5. The molecule has 4 rings (SSSR count). The number of unbranched alkanes of at least 4 members (excludes halogenated alkanes) is 1. The highest BCUT2D eigenvalue weighted by atomic mass is 16.5. The summed E-state index contributed by atoms with van der Waals surface area (Å²) in [7, 11) is 0. The third kappa shape index (κ3) is 6.59. The lowest BCUT2D eigenvalue weighted by molar-refractivity contribution is -0.162. The van der Waals surface area contributed by atoms with Gasteiger partial charge in [0, 0.05) is 32.8 Å². The molecule has 0 radical (unpaired) electrons. The van der Waals surface area contributed by atoms with Crippen LogP contribution in [0, 0.1) is 5.92 Å². The minimum atomic E-state index is -0.976. The van der Waals surface area contributed by atoms with E-state index in [4.69, 9.17) is 9.84 Å². The van der Waals surface area contributed by atoms with Gasteiger partial charge in [-0.15, -0.1) is 0 Å². The van der Waals surface area contributed by atoms with Crippen LogP contribution in [0.25, 0.3) is 0 Å². The van der Waals surface area contributed by atoms with E-state index in [-0.39, 0.29) is 29.9 Å². The number of piperidine rings is 1. The molecule has 3 N–H and O–H groups in total. The van der Waals surface area contributed by atoms with Gasteiger partial charge in [-0.2, -0.15) is 0 Å². The summed E-state index contributed by atoms with van der Waals surface area (Å²) in [6.45, 7) is 6.67. The van der Waals surface area contributed by atoms with Crippen LogP contribution in [-0.4, -0.2) is 75.6 Å². The summed E-state index contributed by atoms with van der Waals surface area (Å²) in [5.41, 5.74) is 0.514. The number of rotatable bonds is 11. The number of aliphatic hydroxyl groups excluding tert-OH is 1. The molecular formula is C30H39N3O6. The number of aliphatic hydroxyl groups is 1. The fourth-order valence-electron chi connectivity index (χ4n) is 5.45. The number of nitrogens with one attached hydrogen (secondary N) is 1. The van der Waals surface area contributed by atoms with E-state index >= 15 is 0 Å². The van der Waals surface area contributed by atoms with E-state index < -0.39 is 17.6 Å². The zero-order valence-electron chi connectivity index (χ0n) is 22.8. The molecule has 210 valence electrons. The smallest absolute Gasteiger partial charge is 0.335 e. The van der Waals surface area contributed by atoms with Gasteiger partial charge in [-0.05, 0) is 73.6 Å². The second-order valence-corrected chi connectivity index (χ2v) is 10.8. The van der Waals surface area contributed by atoms with E-state index in [1.54, 1.807) is 12.1 Å². The van der Waals surface area contributed by atoms with Crippen molar-refractivity contribution in [1.82, 2.24) is 15.1 Å². The van der Waals surface area contributed by atoms with E-state index in [2.05, 4.69) is 17.1 Å². The van der Waals surface area contributed by atoms with E-state index in [0.717, 1.165) is 24.9 Å². The molecule has 2 aromatic carbocycles. The number of hydrogen-bond donors (Lipinski definition) is 3. The van der Waals surface area contributed by atoms with Gasteiger partial charge < -0.3 is 25.2 Å². The van der Waals surface area contributed by atoms with Crippen LogP contribution in [0.1, 0.15) is 61.9 Å². The van der Waals surface area contributed by atoms with Crippen LogP contribution in [0.3, 0.4) is 0 Å². The summed E-state index contributed by atoms with van der Waals surface area (Å²) in [4.78, 5) is 42.1. The number of likely N-dealkylation sites (tertiary alicyclic amines) is 1. The predicted molar refractivity (Wildman–Crippen MR) is 147 cm³/mol. The number of carboxylic acids is 1. The van der Waals surface area contributed by atoms with Gasteiger partial charge in [0.1, 0.15) is 23.1 Å². The summed E-state index contributed by atoms with van der Waals surface area (Å²) in [5.74, 6) is 0.104. The van der Waals surface area contributed by atoms with Gasteiger partial charge in [-0.3, -0.25) is 14.5 Å². The van der Waals surface area contributed by atoms with Crippen LogP contribution in [0.15, 0.2) is 48.5 Å². The number of carbonyl (C=O) groups excluding carboxylic acids is 2. The van der Waals surface area contributed by atoms with Gasteiger partial charge in [-0.1, -0.05) is 32.4 Å². The van der Waals surface area contributed by atoms with Crippen LogP contribution in [-0.2, 0) is 16.1 Å². The van der Waals surface area contributed by atoms with Gasteiger partial charge in [0.25, 0.3) is 0 Å². The Bertz CT molecular complexity index is 1140. The molecule has 1 spiro atoms. The monoisotopic (exact) mass is 537 g/mol. The number of piperazine rings is 1. The number of carbonyl (C=O) groups is 3. The molecule has 2 atom stereocenters. The number of amides is 2. The van der Waals surface area contributed by atoms with E-state index in [1.165, 1.54) is 12.1 Å². The summed E-state index contributed by atoms with van der Waals surface area (Å²) >= 11 is 0. The lowest BCUT2D eigenvalue weighted by Gasteiger charge is -2.52. The molecule has 2 aromatic rings. The van der Waals surface area contributed by atoms with Gasteiger partial charge in [0.05, 0.1) is 5.56 Å². The fraction of sp³-hybridized carbons (Fsp3) is 0.500. The van der Waals surface area contributed by atoms with Crippen molar-refractivity contribution in [2.24, 2.45) is 5.92 Å². The molecule has 2 aliphatic heterocycles. The van der Waals surface area contributed by atoms with E-state index in [0.29, 0.717) is 50.4 Å². The van der Waals surface area contributed by atoms with Gasteiger partial charge in [-0.25, -0.2) is 4.79 Å². The number of carboxylic acid groups (broad SMARTS) is 1. The van der Waals surface area contributed by atoms with Crippen molar-refractivity contribution in [3.05, 3.63) is 59.7 Å². The first-order valence-electron chi connectivity index (χ1n) is 13.8. The van der Waals surface area contributed by atoms with Crippen LogP contribution < -0.4 is 10.1 Å². The normalized spacial score (nSPS) is 20.1. The lowest BCUT2D eigenvalue weighted by Crippen LogP contribution is -2.73. The molecule has 9 nitrogen and oxygen atoms in total. The van der Waals surface area contributed by atoms with Crippen molar-refractivity contribution in [3.8, 4) is 11.5 Å². The molecule has 0 aromatic heterocycles. The Morgan fingerprint density at radius 3 is 2.26 bits per heavy atom. The Morgan fingerprint density at radius 1 is 1.08 bits per heavy atom. The predicted octanol–water partition coefficient (Wildman–Crippen LogP) is 3.66. The topological polar surface area (TPSA) is 119 Å². The van der Waals surface area contributed by atoms with Gasteiger partial charge in [0.15, 0.2) is 0 Å². The summed E-state index contributed by atoms with van der Waals surface area (Å²) in [6, 6.07) is 13.5. The third-order valence-electron chi connectivity index (χ3n) is 7.84. The molecule has 2 aliphatic rings. The number of aromatic carboxylic acids is 1. The van der Waals surface area contributed by atoms with E-state index in [1.807, 2.05) is 36.1 Å². The SMILES string of the molecule is CCCCN1C(=O)[C@@H](CC(C)CO)NC(=O)C12CCN(Cc1ccc(Oc3ccc(C(=O)O)cc3)cc1)CC2. The molecule has 39 heavy (non-hydrogen) atoms. The lowest BCUT2D eigenvalue weighted by atomic mass is 9.80. The minimum Gasteiger partial charge on any atom is -0.478 e. The first-order chi connectivity index (χ1) is 18.8. The first kappa shape index (κ1) is 28.6. The van der Waals surface area contributed by atoms with Crippen molar-refractivity contribution in [1.29, 1.82) is 0 Å². The second kappa shape index (κ2) is 12.6. The van der Waals surface area contributed by atoms with Crippen LogP contribution >= 0.6 is 0 Å². The molecule has 0 saturated carbocycles. The highest BCUT2D eigenvalue weighted by Crippen LogP contribution is 2.35. The minimum absolute atomic E-state index is 0.0122. The fourth-order valence-corrected chi connectivity index (χ4v) is 5.45. The van der Waals surface area contributed by atoms with Crippen LogP contribution in [0.2, 0.25) is 0 Å². The van der Waals surface area contributed by atoms with Crippen molar-refractivity contribution in [2.45, 2.75) is 64.1 Å². The molecule has 2 amide bonds. The molecule has 0 aliphatic carbocycles. The van der Waals surface area contributed by atoms with Crippen molar-refractivity contribution >= 4 is 17.8 Å². The summed E-state index contributed by atoms with van der Waals surface area (Å²) in [6.07, 6.45) is 3.41. The van der Waals surface area contributed by atoms with Crippen molar-refractivity contribution in [3.63, 3.8) is 0 Å². The third-order valence-corrected chi connectivity index (χ3v) is 7.84. The Balaban J connectivity index is 1.36. The highest BCUT2D eigenvalue weighted by molar-refractivity contribution is 6.00. The maximum absolute atomic E-state index is 13.5. The molecule has 9 heteroatoms. The standard InChI is InChI=1S/C30H39N3O6/c1-3-4-15-33-27(35)26(18-21(2)20-34)31-29(38)30(33)13-16-32(17-14-30)19-22-5-9-24(10-6-22)39-25-11-7-23(8-12-25)28(36)37/h5-12,21,26,34H,3-4,13-20H2,1-2H3,(H,31,38)(H,36,37)/t21?,26-/m1/s1. The Hall–Kier alpha value is -3.43. The molecule has 1 unspecified atom stereocenters. The average molecular weight is 538 g/mol. The first-order valence-corrected chi connectivity index (χ1v) is 13.8. The van der Waals surface area contributed by atoms with Crippen molar-refractivity contribution in [2.75, 3.05) is 26.2 Å². The second-order valence-electron chi connectivity index (χ2n) is 10.8. The quantitative estimate of drug-likeness (QED) is 0.400. The number of benzene rings is 2. The average Bonchev–Trinajstić information content (AvgIpc) is 2.94. The summed E-state index contributed by atoms with van der Waals surface area (Å²) < 4.78 is 5.84. The Morgan fingerprint density at radius 2 is 1.69 bits per heavy atom. The molecule has 2 fully saturated rings. The number of ether oxygens (including phenoxy) is 1. The molecule has 0 bridgehead atoms. The van der Waals surface area contributed by atoms with Crippen LogP contribution in [0.4, 0.5) is 0 Å². The Kier molecular flexibility index (Phi) is 9.24. The number of nitrogens with zero attached hydrogens (tertiary/aromatic N) is 2. The number of hydrogen-bond acceptors (Lipinski definition) is 6. The van der Waals surface area contributed by atoms with E-state index in [9.17, 15) is 19.5 Å². The van der Waals surface area contributed by atoms with Gasteiger partial charge >= 0.3 is 5.97 Å². The molecule has 2 saturated heterocycles. The largest absolute Gasteiger partial charge is 0.478 e. The van der Waals surface area contributed by atoms with Crippen LogP contribution in [0.5, 0.6) is 11.5 Å². The molecular weight excluding hydrogens is 498 g/mol. The zero-order valence-corrected chi connectivity index (χ0v) is 22.8. The highest BCUT2D eigenvalue weighted by Gasteiger charge is 2.53. The maximum atomic E-state index is 13.5. The van der Waals surface area contributed by atoms with Crippen molar-refractivity contribution < 1.29 is 29.3 Å². The Labute approximate surface area is 229 Å². The zero-order chi connectivity index (χ0) is 28.0. The maximum Gasteiger partial charge on any atom is 0.335 e. The molecule has 2 heterocycles. The van der Waals surface area contributed by atoms with Gasteiger partial charge in [0.2, 0.25) is 11.8 Å².